The number of carbonyl (C=O) groups excluding carboxylic acids is 1. The van der Waals surface area contributed by atoms with Gasteiger partial charge in [0.1, 0.15) is 12.4 Å². The van der Waals surface area contributed by atoms with E-state index in [-0.39, 0.29) is 17.9 Å². The molecule has 2 bridgehead atoms. The first kappa shape index (κ1) is 22.9. The van der Waals surface area contributed by atoms with Crippen LogP contribution in [0.4, 0.5) is 0 Å². The summed E-state index contributed by atoms with van der Waals surface area (Å²) >= 11 is 0. The number of para-hydroxylation sites is 1. The summed E-state index contributed by atoms with van der Waals surface area (Å²) < 4.78 is 6.23. The molecule has 6 heteroatoms. The Labute approximate surface area is 201 Å². The number of fused-ring (bicyclic) bond motifs is 10. The summed E-state index contributed by atoms with van der Waals surface area (Å²) in [5.74, 6) is 0.951. The van der Waals surface area contributed by atoms with Crippen molar-refractivity contribution in [3.8, 4) is 5.75 Å². The zero-order valence-corrected chi connectivity index (χ0v) is 19.8. The maximum atomic E-state index is 13.6. The minimum Gasteiger partial charge on any atom is -0.491 e. The van der Waals surface area contributed by atoms with Crippen LogP contribution in [0, 0.1) is 5.41 Å². The number of hydrogen-bond acceptors (Lipinski definition) is 4. The van der Waals surface area contributed by atoms with E-state index in [9.17, 15) is 9.90 Å². The van der Waals surface area contributed by atoms with Gasteiger partial charge in [-0.1, -0.05) is 30.7 Å². The predicted octanol–water partition coefficient (Wildman–Crippen LogP) is 4.45. The second-order valence-electron chi connectivity index (χ2n) is 9.88. The van der Waals surface area contributed by atoms with Gasteiger partial charge in [-0.15, -0.1) is 0 Å². The first-order chi connectivity index (χ1) is 16.7. The number of aromatic nitrogens is 1. The number of rotatable bonds is 2. The van der Waals surface area contributed by atoms with E-state index in [1.165, 1.54) is 5.56 Å². The minimum atomic E-state index is 0.0122. The molecule has 6 nitrogen and oxygen atoms in total. The topological polar surface area (TPSA) is 68.8 Å². The molecular formula is C28H35N3O3. The third-order valence-electron chi connectivity index (χ3n) is 7.74. The molecule has 2 N–H and O–H groups in total. The Morgan fingerprint density at radius 1 is 0.971 bits per heavy atom. The number of piperidine rings is 1. The van der Waals surface area contributed by atoms with Gasteiger partial charge in [0.25, 0.3) is 5.91 Å². The van der Waals surface area contributed by atoms with Gasteiger partial charge in [0.15, 0.2) is 0 Å². The first-order valence-electron chi connectivity index (χ1n) is 12.6. The Morgan fingerprint density at radius 3 is 2.68 bits per heavy atom. The number of H-pyrrole nitrogens is 1. The summed E-state index contributed by atoms with van der Waals surface area (Å²) in [6.07, 6.45) is 6.87. The Kier molecular flexibility index (Phi) is 6.88. The molecule has 4 heterocycles. The Bertz CT molecular complexity index is 1120. The third kappa shape index (κ3) is 4.84. The van der Waals surface area contributed by atoms with Crippen molar-refractivity contribution in [3.63, 3.8) is 0 Å². The van der Waals surface area contributed by atoms with Crippen molar-refractivity contribution in [1.82, 2.24) is 14.8 Å². The zero-order chi connectivity index (χ0) is 23.4. The fourth-order valence-corrected chi connectivity index (χ4v) is 5.51. The summed E-state index contributed by atoms with van der Waals surface area (Å²) in [4.78, 5) is 21.2. The van der Waals surface area contributed by atoms with Gasteiger partial charge >= 0.3 is 0 Å². The average Bonchev–Trinajstić information content (AvgIpc) is 3.35. The van der Waals surface area contributed by atoms with Crippen LogP contribution in [0.3, 0.4) is 0 Å². The van der Waals surface area contributed by atoms with Gasteiger partial charge in [-0.05, 0) is 68.5 Å². The Hall–Kier alpha value is -2.83. The molecule has 0 aliphatic carbocycles. The molecule has 3 aromatic rings. The van der Waals surface area contributed by atoms with Gasteiger partial charge in [-0.2, -0.15) is 0 Å². The van der Waals surface area contributed by atoms with E-state index in [0.29, 0.717) is 19.7 Å². The van der Waals surface area contributed by atoms with Crippen molar-refractivity contribution in [2.24, 2.45) is 5.41 Å². The number of amides is 1. The monoisotopic (exact) mass is 461 g/mol. The minimum absolute atomic E-state index is 0.0122. The SMILES string of the molecule is O=C(c1cccc2[nH]ccc12)N1CCCCC2(CO)CCN(CC2)Cc2ccccc2OCC1. The molecule has 0 unspecified atom stereocenters. The highest BCUT2D eigenvalue weighted by molar-refractivity contribution is 6.06. The van der Waals surface area contributed by atoms with E-state index in [2.05, 4.69) is 22.0 Å². The molecule has 0 radical (unpaired) electrons. The number of hydrogen-bond donors (Lipinski definition) is 2. The normalized spacial score (nSPS) is 24.1. The van der Waals surface area contributed by atoms with Gasteiger partial charge in [0.2, 0.25) is 0 Å². The average molecular weight is 462 g/mol. The van der Waals surface area contributed by atoms with Crippen LogP contribution < -0.4 is 4.74 Å². The summed E-state index contributed by atoms with van der Waals surface area (Å²) in [6, 6.07) is 16.1. The molecule has 180 valence electrons. The maximum absolute atomic E-state index is 13.6. The first-order valence-corrected chi connectivity index (χ1v) is 12.6. The van der Waals surface area contributed by atoms with Crippen molar-refractivity contribution in [3.05, 3.63) is 65.9 Å². The number of aromatic amines is 1. The van der Waals surface area contributed by atoms with E-state index < -0.39 is 0 Å². The molecule has 1 aromatic heterocycles. The third-order valence-corrected chi connectivity index (χ3v) is 7.74. The number of aliphatic hydroxyl groups is 1. The number of ether oxygens (including phenoxy) is 1. The van der Waals surface area contributed by atoms with Crippen LogP contribution >= 0.6 is 0 Å². The lowest BCUT2D eigenvalue weighted by molar-refractivity contribution is 0.0319. The zero-order valence-electron chi connectivity index (χ0n) is 19.8. The lowest BCUT2D eigenvalue weighted by atomic mass is 9.75. The molecule has 6 rings (SSSR count). The maximum Gasteiger partial charge on any atom is 0.254 e. The number of carbonyl (C=O) groups is 1. The standard InChI is InChI=1S/C28H35N3O3/c32-21-28-11-3-4-15-31(27(33)24-7-5-8-25-23(24)10-14-29-25)18-19-34-26-9-2-1-6-22(26)20-30(16-12-28)17-13-28/h1-2,5-10,14,29,32H,3-4,11-13,15-21H2. The molecule has 0 atom stereocenters. The highest BCUT2D eigenvalue weighted by atomic mass is 16.5. The molecule has 34 heavy (non-hydrogen) atoms. The van der Waals surface area contributed by atoms with E-state index in [1.807, 2.05) is 47.5 Å². The summed E-state index contributed by atoms with van der Waals surface area (Å²) in [6.45, 7) is 4.81. The number of aliphatic hydroxyl groups excluding tert-OH is 1. The van der Waals surface area contributed by atoms with Gasteiger partial charge in [-0.25, -0.2) is 0 Å². The molecule has 2 aromatic carbocycles. The largest absolute Gasteiger partial charge is 0.491 e. The lowest BCUT2D eigenvalue weighted by Crippen LogP contribution is -2.41. The number of nitrogens with zero attached hydrogens (tertiary/aromatic N) is 2. The lowest BCUT2D eigenvalue weighted by Gasteiger charge is -2.41. The summed E-state index contributed by atoms with van der Waals surface area (Å²) in [5.41, 5.74) is 2.90. The molecule has 1 amide bonds. The molecule has 3 aliphatic heterocycles. The van der Waals surface area contributed by atoms with Gasteiger partial charge in [-0.3, -0.25) is 9.69 Å². The second-order valence-corrected chi connectivity index (χ2v) is 9.88. The van der Waals surface area contributed by atoms with E-state index in [4.69, 9.17) is 4.74 Å². The van der Waals surface area contributed by atoms with Crippen LogP contribution in [0.25, 0.3) is 10.9 Å². The molecule has 0 spiro atoms. The Balaban J connectivity index is 1.38. The van der Waals surface area contributed by atoms with Gasteiger partial charge in [0.05, 0.1) is 6.54 Å². The van der Waals surface area contributed by atoms with Crippen LogP contribution in [0.2, 0.25) is 0 Å². The fraction of sp³-hybridized carbons (Fsp3) is 0.464. The van der Waals surface area contributed by atoms with Crippen molar-refractivity contribution in [2.45, 2.75) is 38.6 Å². The molecule has 3 aliphatic rings. The number of nitrogens with one attached hydrogen (secondary N) is 1. The van der Waals surface area contributed by atoms with E-state index >= 15 is 0 Å². The van der Waals surface area contributed by atoms with E-state index in [1.54, 1.807) is 0 Å². The highest BCUT2D eigenvalue weighted by Gasteiger charge is 2.34. The second kappa shape index (κ2) is 10.2. The predicted molar refractivity (Wildman–Crippen MR) is 134 cm³/mol. The quantitative estimate of drug-likeness (QED) is 0.592. The molecule has 1 saturated heterocycles. The van der Waals surface area contributed by atoms with Crippen molar-refractivity contribution in [1.29, 1.82) is 0 Å². The number of benzene rings is 2. The van der Waals surface area contributed by atoms with Gasteiger partial charge < -0.3 is 19.7 Å². The summed E-state index contributed by atoms with van der Waals surface area (Å²) in [7, 11) is 0. The van der Waals surface area contributed by atoms with Crippen LogP contribution in [0.15, 0.2) is 54.7 Å². The van der Waals surface area contributed by atoms with Gasteiger partial charge in [0, 0.05) is 47.9 Å². The molecular weight excluding hydrogens is 426 g/mol. The van der Waals surface area contributed by atoms with E-state index in [0.717, 1.165) is 74.0 Å². The highest BCUT2D eigenvalue weighted by Crippen LogP contribution is 2.37. The Morgan fingerprint density at radius 2 is 1.82 bits per heavy atom. The molecule has 0 saturated carbocycles. The smallest absolute Gasteiger partial charge is 0.254 e. The van der Waals surface area contributed by atoms with Crippen molar-refractivity contribution < 1.29 is 14.6 Å². The van der Waals surface area contributed by atoms with Crippen LogP contribution in [0.5, 0.6) is 5.75 Å². The summed E-state index contributed by atoms with van der Waals surface area (Å²) in [5, 5.41) is 11.2. The van der Waals surface area contributed by atoms with Crippen molar-refractivity contribution in [2.75, 3.05) is 39.4 Å². The fourth-order valence-electron chi connectivity index (χ4n) is 5.51. The van der Waals surface area contributed by atoms with Crippen molar-refractivity contribution >= 4 is 16.8 Å². The van der Waals surface area contributed by atoms with Crippen LogP contribution in [-0.4, -0.2) is 65.2 Å². The molecule has 1 fully saturated rings. The van der Waals surface area contributed by atoms with Crippen LogP contribution in [-0.2, 0) is 6.54 Å². The van der Waals surface area contributed by atoms with Crippen LogP contribution in [0.1, 0.15) is 48.0 Å².